The monoisotopic (exact) mass is 556 g/mol. The zero-order valence-electron chi connectivity index (χ0n) is 23.0. The van der Waals surface area contributed by atoms with Gasteiger partial charge in [-0.15, -0.1) is 0 Å². The largest absolute Gasteiger partial charge is 0.496 e. The number of carbonyl (C=O) groups excluding carboxylic acids is 2. The summed E-state index contributed by atoms with van der Waals surface area (Å²) in [7, 11) is 1.37. The second kappa shape index (κ2) is 11.9. The SMILES string of the molecule is C=CC(F)Oc1cc(-c2cnn3cc(C(C)(C)NC(=O)OCCCC)ccc23)cc(OC)c1C(=O)N[C@@H]1C[C@@H]1F. The van der Waals surface area contributed by atoms with Crippen LogP contribution in [0.15, 0.2) is 49.3 Å². The number of methoxy groups -OCH3 is 1. The maximum Gasteiger partial charge on any atom is 0.407 e. The van der Waals surface area contributed by atoms with Crippen molar-refractivity contribution in [3.8, 4) is 22.6 Å². The van der Waals surface area contributed by atoms with E-state index in [0.717, 1.165) is 24.5 Å². The Bertz CT molecular complexity index is 1410. The number of amides is 2. The molecule has 0 spiro atoms. The predicted octanol–water partition coefficient (Wildman–Crippen LogP) is 5.47. The van der Waals surface area contributed by atoms with E-state index in [2.05, 4.69) is 22.3 Å². The van der Waals surface area contributed by atoms with Crippen molar-refractivity contribution in [1.82, 2.24) is 20.2 Å². The van der Waals surface area contributed by atoms with Gasteiger partial charge < -0.3 is 24.8 Å². The Balaban J connectivity index is 1.67. The third-order valence-corrected chi connectivity index (χ3v) is 6.66. The standard InChI is InChI=1S/C29H34F2N4O5/c1-6-8-11-39-28(37)34-29(3,4)18-9-10-22-19(15-32-35(22)16-18)17-12-23(38-5)26(24(13-17)40-25(31)7-2)27(36)33-21-14-20(21)30/h7,9-10,12-13,15-16,20-21,25H,2,6,8,11,14H2,1,3-5H3,(H,33,36)(H,34,37)/t20-,21+,25?/m0/s1. The number of pyridine rings is 1. The first-order chi connectivity index (χ1) is 19.1. The molecule has 214 valence electrons. The van der Waals surface area contributed by atoms with E-state index in [1.54, 1.807) is 23.0 Å². The summed E-state index contributed by atoms with van der Waals surface area (Å²) in [4.78, 5) is 25.2. The minimum Gasteiger partial charge on any atom is -0.496 e. The fourth-order valence-electron chi connectivity index (χ4n) is 4.20. The first-order valence-electron chi connectivity index (χ1n) is 13.1. The third-order valence-electron chi connectivity index (χ3n) is 6.66. The number of ether oxygens (including phenoxy) is 3. The summed E-state index contributed by atoms with van der Waals surface area (Å²) in [5, 5.41) is 9.92. The number of alkyl carbamates (subject to hydrolysis) is 1. The van der Waals surface area contributed by atoms with Crippen LogP contribution in [0, 0.1) is 0 Å². The van der Waals surface area contributed by atoms with Crippen LogP contribution in [0.3, 0.4) is 0 Å². The zero-order valence-corrected chi connectivity index (χ0v) is 23.0. The van der Waals surface area contributed by atoms with Gasteiger partial charge in [0.15, 0.2) is 0 Å². The molecule has 1 fully saturated rings. The number of benzene rings is 1. The average Bonchev–Trinajstić information content (AvgIpc) is 3.43. The lowest BCUT2D eigenvalue weighted by Crippen LogP contribution is -2.41. The van der Waals surface area contributed by atoms with Crippen LogP contribution in [0.5, 0.6) is 11.5 Å². The summed E-state index contributed by atoms with van der Waals surface area (Å²) in [6.07, 6.45) is 2.79. The molecule has 0 radical (unpaired) electrons. The highest BCUT2D eigenvalue weighted by Crippen LogP contribution is 2.38. The quantitative estimate of drug-likeness (QED) is 0.227. The number of alkyl halides is 2. The summed E-state index contributed by atoms with van der Waals surface area (Å²) in [5.74, 6) is -0.592. The van der Waals surface area contributed by atoms with Gasteiger partial charge in [0.1, 0.15) is 23.2 Å². The van der Waals surface area contributed by atoms with Gasteiger partial charge in [-0.3, -0.25) is 4.79 Å². The summed E-state index contributed by atoms with van der Waals surface area (Å²) >= 11 is 0. The smallest absolute Gasteiger partial charge is 0.407 e. The molecule has 0 aliphatic heterocycles. The number of nitrogens with zero attached hydrogens (tertiary/aromatic N) is 2. The van der Waals surface area contributed by atoms with E-state index < -0.39 is 36.1 Å². The number of fused-ring (bicyclic) bond motifs is 1. The molecule has 1 aliphatic carbocycles. The molecule has 1 aliphatic rings. The van der Waals surface area contributed by atoms with Crippen LogP contribution in [0.2, 0.25) is 0 Å². The van der Waals surface area contributed by atoms with Gasteiger partial charge in [-0.1, -0.05) is 26.0 Å². The van der Waals surface area contributed by atoms with Crippen LogP contribution >= 0.6 is 0 Å². The van der Waals surface area contributed by atoms with E-state index in [1.807, 2.05) is 32.9 Å². The second-order valence-electron chi connectivity index (χ2n) is 10.1. The van der Waals surface area contributed by atoms with Crippen molar-refractivity contribution in [1.29, 1.82) is 0 Å². The Morgan fingerprint density at radius 3 is 2.67 bits per heavy atom. The number of hydrogen-bond acceptors (Lipinski definition) is 6. The van der Waals surface area contributed by atoms with E-state index >= 15 is 0 Å². The van der Waals surface area contributed by atoms with E-state index in [9.17, 15) is 18.4 Å². The van der Waals surface area contributed by atoms with E-state index in [-0.39, 0.29) is 23.5 Å². The van der Waals surface area contributed by atoms with Crippen molar-refractivity contribution in [2.24, 2.45) is 0 Å². The van der Waals surface area contributed by atoms with Crippen LogP contribution in [0.1, 0.15) is 56.0 Å². The van der Waals surface area contributed by atoms with E-state index in [0.29, 0.717) is 23.3 Å². The van der Waals surface area contributed by atoms with Crippen LogP contribution in [-0.4, -0.2) is 53.9 Å². The van der Waals surface area contributed by atoms with Crippen molar-refractivity contribution in [3.05, 3.63) is 60.4 Å². The minimum atomic E-state index is -1.89. The predicted molar refractivity (Wildman–Crippen MR) is 146 cm³/mol. The van der Waals surface area contributed by atoms with Gasteiger partial charge in [-0.05, 0) is 55.7 Å². The number of aromatic nitrogens is 2. The van der Waals surface area contributed by atoms with Crippen molar-refractivity contribution >= 4 is 17.5 Å². The highest BCUT2D eigenvalue weighted by atomic mass is 19.1. The molecule has 11 heteroatoms. The Kier molecular flexibility index (Phi) is 8.61. The fourth-order valence-corrected chi connectivity index (χ4v) is 4.20. The van der Waals surface area contributed by atoms with Crippen LogP contribution < -0.4 is 20.1 Å². The summed E-state index contributed by atoms with van der Waals surface area (Å²) in [6, 6.07) is 6.23. The summed E-state index contributed by atoms with van der Waals surface area (Å²) in [6.45, 7) is 9.48. The molecule has 1 aromatic carbocycles. The molecule has 1 unspecified atom stereocenters. The van der Waals surface area contributed by atoms with Crippen molar-refractivity contribution in [2.45, 2.75) is 64.1 Å². The van der Waals surface area contributed by atoms with Crippen molar-refractivity contribution in [2.75, 3.05) is 13.7 Å². The molecule has 2 N–H and O–H groups in total. The van der Waals surface area contributed by atoms with Gasteiger partial charge in [0.2, 0.25) is 0 Å². The molecular weight excluding hydrogens is 522 g/mol. The Morgan fingerprint density at radius 1 is 1.30 bits per heavy atom. The lowest BCUT2D eigenvalue weighted by Gasteiger charge is -2.26. The third kappa shape index (κ3) is 6.35. The summed E-state index contributed by atoms with van der Waals surface area (Å²) in [5.41, 5.74) is 1.90. The van der Waals surface area contributed by atoms with E-state index in [4.69, 9.17) is 14.2 Å². The van der Waals surface area contributed by atoms with Gasteiger partial charge in [-0.2, -0.15) is 9.49 Å². The van der Waals surface area contributed by atoms with E-state index in [1.165, 1.54) is 13.2 Å². The molecule has 1 saturated carbocycles. The number of carbonyl (C=O) groups is 2. The molecule has 4 rings (SSSR count). The normalized spacial score (nSPS) is 17.1. The zero-order chi connectivity index (χ0) is 29.0. The van der Waals surface area contributed by atoms with Gasteiger partial charge in [0.25, 0.3) is 12.3 Å². The van der Waals surface area contributed by atoms with Gasteiger partial charge >= 0.3 is 6.09 Å². The highest BCUT2D eigenvalue weighted by molar-refractivity contribution is 6.01. The molecular formula is C29H34F2N4O5. The molecule has 3 aromatic rings. The lowest BCUT2D eigenvalue weighted by molar-refractivity contribution is 0.0912. The molecule has 3 atom stereocenters. The number of unbranched alkanes of at least 4 members (excludes halogenated alkanes) is 1. The first-order valence-corrected chi connectivity index (χ1v) is 13.1. The first kappa shape index (κ1) is 28.8. The maximum absolute atomic E-state index is 14.3. The molecule has 9 nitrogen and oxygen atoms in total. The second-order valence-corrected chi connectivity index (χ2v) is 10.1. The van der Waals surface area contributed by atoms with Gasteiger partial charge in [-0.25, -0.2) is 13.7 Å². The molecule has 0 bridgehead atoms. The lowest BCUT2D eigenvalue weighted by atomic mass is 9.95. The average molecular weight is 557 g/mol. The molecule has 2 heterocycles. The van der Waals surface area contributed by atoms with Crippen LogP contribution in [-0.2, 0) is 10.3 Å². The molecule has 2 aromatic heterocycles. The fraction of sp³-hybridized carbons (Fsp3) is 0.414. The van der Waals surface area contributed by atoms with Crippen molar-refractivity contribution in [3.63, 3.8) is 0 Å². The topological polar surface area (TPSA) is 103 Å². The minimum absolute atomic E-state index is 0.0488. The Morgan fingerprint density at radius 2 is 2.02 bits per heavy atom. The number of nitrogens with one attached hydrogen (secondary N) is 2. The molecule has 40 heavy (non-hydrogen) atoms. The highest BCUT2D eigenvalue weighted by Gasteiger charge is 2.40. The molecule has 2 amide bonds. The van der Waals surface area contributed by atoms with Crippen molar-refractivity contribution < 1.29 is 32.6 Å². The van der Waals surface area contributed by atoms with Gasteiger partial charge in [0, 0.05) is 18.2 Å². The Labute approximate surface area is 231 Å². The maximum atomic E-state index is 14.3. The number of hydrogen-bond donors (Lipinski definition) is 2. The van der Waals surface area contributed by atoms with Crippen LogP contribution in [0.25, 0.3) is 16.6 Å². The molecule has 0 saturated heterocycles. The number of halogens is 2. The number of rotatable bonds is 12. The van der Waals surface area contributed by atoms with Crippen LogP contribution in [0.4, 0.5) is 13.6 Å². The van der Waals surface area contributed by atoms with Gasteiger partial charge in [0.05, 0.1) is 37.0 Å². The Hall–Kier alpha value is -4.15. The summed E-state index contributed by atoms with van der Waals surface area (Å²) < 4.78 is 45.4.